The van der Waals surface area contributed by atoms with Gasteiger partial charge in [0.2, 0.25) is 5.91 Å². The van der Waals surface area contributed by atoms with E-state index in [0.29, 0.717) is 19.3 Å². The molecule has 0 spiro atoms. The van der Waals surface area contributed by atoms with E-state index in [1.54, 1.807) is 0 Å². The first-order valence-corrected chi connectivity index (χ1v) is 12.7. The molecule has 0 heterocycles. The van der Waals surface area contributed by atoms with Gasteiger partial charge < -0.3 is 20.1 Å². The van der Waals surface area contributed by atoms with Crippen LogP contribution < -0.4 is 5.32 Å². The Morgan fingerprint density at radius 1 is 0.865 bits per heavy atom. The van der Waals surface area contributed by atoms with E-state index in [9.17, 15) is 19.5 Å². The molecule has 5 rings (SSSR count). The van der Waals surface area contributed by atoms with Crippen molar-refractivity contribution in [2.75, 3.05) is 13.2 Å². The van der Waals surface area contributed by atoms with Crippen molar-refractivity contribution < 1.29 is 24.2 Å². The molecule has 37 heavy (non-hydrogen) atoms. The van der Waals surface area contributed by atoms with Crippen molar-refractivity contribution in [3.63, 3.8) is 0 Å². The minimum Gasteiger partial charge on any atom is -0.480 e. The molecule has 7 nitrogen and oxygen atoms in total. The van der Waals surface area contributed by atoms with Crippen LogP contribution in [0.2, 0.25) is 0 Å². The summed E-state index contributed by atoms with van der Waals surface area (Å²) in [5.41, 5.74) is 5.53. The number of nitrogens with zero attached hydrogens (tertiary/aromatic N) is 1. The van der Waals surface area contributed by atoms with Crippen LogP contribution >= 0.6 is 0 Å². The Balaban J connectivity index is 1.16. The van der Waals surface area contributed by atoms with Crippen molar-refractivity contribution in [1.29, 1.82) is 0 Å². The van der Waals surface area contributed by atoms with Gasteiger partial charge in [0.25, 0.3) is 0 Å². The highest BCUT2D eigenvalue weighted by atomic mass is 16.5. The minimum atomic E-state index is -1.05. The fourth-order valence-electron chi connectivity index (χ4n) is 5.58. The number of nitrogens with one attached hydrogen (secondary N) is 1. The number of hydrogen-bond donors (Lipinski definition) is 2. The van der Waals surface area contributed by atoms with Crippen molar-refractivity contribution in [2.45, 2.75) is 37.8 Å². The number of fused-ring (bicyclic) bond motifs is 3. The van der Waals surface area contributed by atoms with Crippen LogP contribution in [0, 0.1) is 5.92 Å². The number of amides is 2. The van der Waals surface area contributed by atoms with Gasteiger partial charge in [-0.25, -0.2) is 4.79 Å². The van der Waals surface area contributed by atoms with Gasteiger partial charge >= 0.3 is 12.1 Å². The molecule has 1 fully saturated rings. The third-order valence-corrected chi connectivity index (χ3v) is 7.30. The molecule has 0 saturated heterocycles. The molecular formula is C30H30N2O5. The second kappa shape index (κ2) is 10.9. The van der Waals surface area contributed by atoms with Gasteiger partial charge in [-0.05, 0) is 47.1 Å². The van der Waals surface area contributed by atoms with Crippen LogP contribution in [0.3, 0.4) is 0 Å². The maximum atomic E-state index is 13.2. The zero-order valence-electron chi connectivity index (χ0n) is 20.5. The molecule has 3 aromatic carbocycles. The summed E-state index contributed by atoms with van der Waals surface area (Å²) in [6, 6.07) is 25.5. The van der Waals surface area contributed by atoms with Gasteiger partial charge in [-0.3, -0.25) is 9.59 Å². The first-order chi connectivity index (χ1) is 18.0. The molecule has 2 amide bonds. The molecule has 0 aliphatic heterocycles. The van der Waals surface area contributed by atoms with Crippen LogP contribution in [0.1, 0.15) is 41.9 Å². The van der Waals surface area contributed by atoms with Crippen molar-refractivity contribution in [3.8, 4) is 11.1 Å². The van der Waals surface area contributed by atoms with E-state index in [2.05, 4.69) is 29.6 Å². The number of rotatable bonds is 8. The fraction of sp³-hybridized carbons (Fsp3) is 0.300. The van der Waals surface area contributed by atoms with Crippen LogP contribution in [0.4, 0.5) is 4.79 Å². The number of aliphatic carboxylic acids is 1. The smallest absolute Gasteiger partial charge is 0.407 e. The Kier molecular flexibility index (Phi) is 7.21. The lowest BCUT2D eigenvalue weighted by Gasteiger charge is -2.24. The molecule has 0 bridgehead atoms. The summed E-state index contributed by atoms with van der Waals surface area (Å²) in [6.07, 6.45) is 1.21. The van der Waals surface area contributed by atoms with E-state index < -0.39 is 12.1 Å². The Bertz CT molecular complexity index is 1250. The highest BCUT2D eigenvalue weighted by Crippen LogP contribution is 2.44. The molecule has 2 atom stereocenters. The van der Waals surface area contributed by atoms with Crippen molar-refractivity contribution >= 4 is 18.0 Å². The monoisotopic (exact) mass is 498 g/mol. The number of ether oxygens (including phenoxy) is 1. The van der Waals surface area contributed by atoms with Crippen molar-refractivity contribution in [2.24, 2.45) is 5.92 Å². The maximum Gasteiger partial charge on any atom is 0.407 e. The van der Waals surface area contributed by atoms with Gasteiger partial charge in [-0.2, -0.15) is 0 Å². The summed E-state index contributed by atoms with van der Waals surface area (Å²) in [7, 11) is 0. The number of carboxylic acid groups (broad SMARTS) is 1. The summed E-state index contributed by atoms with van der Waals surface area (Å²) in [5, 5.41) is 12.2. The number of carbonyl (C=O) groups is 3. The van der Waals surface area contributed by atoms with E-state index in [1.807, 2.05) is 54.6 Å². The number of hydrogen-bond acceptors (Lipinski definition) is 4. The third-order valence-electron chi connectivity index (χ3n) is 7.30. The third kappa shape index (κ3) is 5.50. The minimum absolute atomic E-state index is 0.0152. The van der Waals surface area contributed by atoms with Crippen LogP contribution in [-0.2, 0) is 20.9 Å². The second-order valence-corrected chi connectivity index (χ2v) is 9.75. The SMILES string of the molecule is O=C(O)CN(Cc1ccccc1)C(=O)[C@H]1CC[C@@H](NC(=O)OCC2c3ccccc3-c3ccccc32)C1. The topological polar surface area (TPSA) is 95.9 Å². The van der Waals surface area contributed by atoms with Crippen LogP contribution in [0.25, 0.3) is 11.1 Å². The highest BCUT2D eigenvalue weighted by molar-refractivity contribution is 5.83. The zero-order valence-corrected chi connectivity index (χ0v) is 20.5. The average molecular weight is 499 g/mol. The Labute approximate surface area is 216 Å². The normalized spacial score (nSPS) is 18.1. The van der Waals surface area contributed by atoms with Gasteiger partial charge in [-0.1, -0.05) is 78.9 Å². The number of carbonyl (C=O) groups excluding carboxylic acids is 2. The summed E-state index contributed by atoms with van der Waals surface area (Å²) in [5.74, 6) is -1.58. The van der Waals surface area contributed by atoms with Gasteiger partial charge in [0.05, 0.1) is 0 Å². The predicted molar refractivity (Wildman–Crippen MR) is 139 cm³/mol. The van der Waals surface area contributed by atoms with E-state index >= 15 is 0 Å². The van der Waals surface area contributed by atoms with Gasteiger partial charge in [-0.15, -0.1) is 0 Å². The quantitative estimate of drug-likeness (QED) is 0.465. The van der Waals surface area contributed by atoms with Crippen molar-refractivity contribution in [1.82, 2.24) is 10.2 Å². The van der Waals surface area contributed by atoms with Crippen LogP contribution in [-0.4, -0.2) is 47.2 Å². The van der Waals surface area contributed by atoms with Gasteiger partial charge in [0.1, 0.15) is 13.2 Å². The molecule has 2 aliphatic carbocycles. The fourth-order valence-corrected chi connectivity index (χ4v) is 5.58. The Hall–Kier alpha value is -4.13. The van der Waals surface area contributed by atoms with E-state index in [1.165, 1.54) is 16.0 Å². The molecule has 190 valence electrons. The van der Waals surface area contributed by atoms with Crippen LogP contribution in [0.5, 0.6) is 0 Å². The molecule has 0 unspecified atom stereocenters. The van der Waals surface area contributed by atoms with E-state index in [4.69, 9.17) is 4.74 Å². The molecule has 3 aromatic rings. The lowest BCUT2D eigenvalue weighted by atomic mass is 9.98. The summed E-state index contributed by atoms with van der Waals surface area (Å²) >= 11 is 0. The summed E-state index contributed by atoms with van der Waals surface area (Å²) in [4.78, 5) is 38.6. The molecule has 2 N–H and O–H groups in total. The molecular weight excluding hydrogens is 468 g/mol. The number of benzene rings is 3. The zero-order chi connectivity index (χ0) is 25.8. The summed E-state index contributed by atoms with van der Waals surface area (Å²) in [6.45, 7) is 0.125. The maximum absolute atomic E-state index is 13.2. The lowest BCUT2D eigenvalue weighted by Crippen LogP contribution is -2.39. The molecule has 2 aliphatic rings. The van der Waals surface area contributed by atoms with E-state index in [0.717, 1.165) is 16.7 Å². The van der Waals surface area contributed by atoms with Gasteiger partial charge in [0.15, 0.2) is 0 Å². The second-order valence-electron chi connectivity index (χ2n) is 9.75. The first-order valence-electron chi connectivity index (χ1n) is 12.7. The van der Waals surface area contributed by atoms with Crippen LogP contribution in [0.15, 0.2) is 78.9 Å². The number of carboxylic acids is 1. The summed E-state index contributed by atoms with van der Waals surface area (Å²) < 4.78 is 5.65. The largest absolute Gasteiger partial charge is 0.480 e. The Morgan fingerprint density at radius 2 is 1.49 bits per heavy atom. The lowest BCUT2D eigenvalue weighted by molar-refractivity contribution is -0.146. The van der Waals surface area contributed by atoms with Gasteiger partial charge in [0, 0.05) is 24.4 Å². The Morgan fingerprint density at radius 3 is 2.14 bits per heavy atom. The predicted octanol–water partition coefficient (Wildman–Crippen LogP) is 4.81. The first kappa shape index (κ1) is 24.6. The molecule has 1 saturated carbocycles. The standard InChI is InChI=1S/C30H30N2O5/c33-28(34)18-32(17-20-8-2-1-3-9-20)29(35)21-14-15-22(16-21)31-30(36)37-19-27-25-12-6-4-10-23(25)24-11-5-7-13-26(24)27/h1-13,21-22,27H,14-19H2,(H,31,36)(H,33,34)/t21-,22+/m0/s1. The molecule has 0 radical (unpaired) electrons. The van der Waals surface area contributed by atoms with E-state index in [-0.39, 0.29) is 43.5 Å². The average Bonchev–Trinajstić information content (AvgIpc) is 3.49. The van der Waals surface area contributed by atoms with Crippen molar-refractivity contribution in [3.05, 3.63) is 95.6 Å². The number of alkyl carbamates (subject to hydrolysis) is 1. The molecule has 7 heteroatoms. The molecule has 0 aromatic heterocycles. The highest BCUT2D eigenvalue weighted by Gasteiger charge is 2.35.